The van der Waals surface area contributed by atoms with Gasteiger partial charge in [0.1, 0.15) is 18.5 Å². The van der Waals surface area contributed by atoms with E-state index >= 15 is 0 Å². The molecule has 0 spiro atoms. The summed E-state index contributed by atoms with van der Waals surface area (Å²) >= 11 is 6.41. The molecule has 2 atom stereocenters. The molecule has 0 aliphatic carbocycles. The smallest absolute Gasteiger partial charge is 0.160 e. The zero-order chi connectivity index (χ0) is 23.2. The molecule has 1 aliphatic heterocycles. The Kier molecular flexibility index (Phi) is 7.88. The zero-order valence-corrected chi connectivity index (χ0v) is 19.7. The van der Waals surface area contributed by atoms with Gasteiger partial charge in [0.15, 0.2) is 5.82 Å². The number of aliphatic hydroxyl groups is 1. The van der Waals surface area contributed by atoms with Gasteiger partial charge in [-0.05, 0) is 68.6 Å². The summed E-state index contributed by atoms with van der Waals surface area (Å²) in [5, 5.41) is 13.4. The summed E-state index contributed by atoms with van der Waals surface area (Å²) in [7, 11) is 1.78. The van der Waals surface area contributed by atoms with E-state index in [9.17, 15) is 5.11 Å². The van der Waals surface area contributed by atoms with Gasteiger partial charge in [-0.15, -0.1) is 0 Å². The summed E-state index contributed by atoms with van der Waals surface area (Å²) in [6.07, 6.45) is 4.78. The molecule has 174 valence electrons. The maximum Gasteiger partial charge on any atom is 0.160 e. The maximum absolute atomic E-state index is 9.97. The number of aromatic nitrogens is 3. The van der Waals surface area contributed by atoms with Gasteiger partial charge >= 0.3 is 0 Å². The van der Waals surface area contributed by atoms with E-state index in [1.165, 1.54) is 0 Å². The minimum absolute atomic E-state index is 0.157. The lowest BCUT2D eigenvalue weighted by atomic mass is 9.97. The fraction of sp³-hybridized carbons (Fsp3) is 0.400. The minimum Gasteiger partial charge on any atom is -0.491 e. The number of pyridine rings is 1. The summed E-state index contributed by atoms with van der Waals surface area (Å²) < 4.78 is 11.4. The fourth-order valence-electron chi connectivity index (χ4n) is 3.96. The molecule has 7 nitrogen and oxygen atoms in total. The van der Waals surface area contributed by atoms with Gasteiger partial charge in [-0.25, -0.2) is 9.97 Å². The average Bonchev–Trinajstić information content (AvgIpc) is 3.33. The Morgan fingerprint density at radius 1 is 1.21 bits per heavy atom. The lowest BCUT2D eigenvalue weighted by molar-refractivity contribution is 0.108. The van der Waals surface area contributed by atoms with Crippen LogP contribution in [0.2, 0.25) is 5.02 Å². The van der Waals surface area contributed by atoms with E-state index in [4.69, 9.17) is 31.0 Å². The third-order valence-electron chi connectivity index (χ3n) is 5.72. The van der Waals surface area contributed by atoms with Crippen LogP contribution in [0.3, 0.4) is 0 Å². The first-order valence-corrected chi connectivity index (χ1v) is 11.5. The van der Waals surface area contributed by atoms with Crippen LogP contribution in [-0.4, -0.2) is 59.6 Å². The largest absolute Gasteiger partial charge is 0.491 e. The first-order chi connectivity index (χ1) is 16.0. The molecule has 0 saturated carbocycles. The van der Waals surface area contributed by atoms with Crippen LogP contribution < -0.4 is 10.1 Å². The highest BCUT2D eigenvalue weighted by Crippen LogP contribution is 2.32. The molecule has 1 unspecified atom stereocenters. The second-order valence-corrected chi connectivity index (χ2v) is 8.77. The molecule has 0 amide bonds. The van der Waals surface area contributed by atoms with Crippen molar-refractivity contribution in [2.75, 3.05) is 33.4 Å². The maximum atomic E-state index is 9.97. The highest BCUT2D eigenvalue weighted by atomic mass is 35.5. The Labute approximate surface area is 199 Å². The third kappa shape index (κ3) is 6.06. The van der Waals surface area contributed by atoms with Crippen LogP contribution in [0.25, 0.3) is 22.6 Å². The van der Waals surface area contributed by atoms with Crippen LogP contribution >= 0.6 is 11.6 Å². The van der Waals surface area contributed by atoms with E-state index in [0.717, 1.165) is 54.1 Å². The molecule has 3 aromatic rings. The van der Waals surface area contributed by atoms with Crippen molar-refractivity contribution in [3.05, 3.63) is 59.0 Å². The van der Waals surface area contributed by atoms with Crippen LogP contribution in [0.5, 0.6) is 5.75 Å². The van der Waals surface area contributed by atoms with Crippen LogP contribution in [0.15, 0.2) is 42.7 Å². The molecular weight excluding hydrogens is 440 g/mol. The minimum atomic E-state index is -0.619. The van der Waals surface area contributed by atoms with E-state index in [-0.39, 0.29) is 6.61 Å². The first-order valence-electron chi connectivity index (χ1n) is 11.2. The predicted octanol–water partition coefficient (Wildman–Crippen LogP) is 3.71. The van der Waals surface area contributed by atoms with E-state index in [1.54, 1.807) is 25.5 Å². The molecule has 33 heavy (non-hydrogen) atoms. The fourth-order valence-corrected chi connectivity index (χ4v) is 4.19. The van der Waals surface area contributed by atoms with Crippen molar-refractivity contribution in [2.45, 2.75) is 25.9 Å². The van der Waals surface area contributed by atoms with Gasteiger partial charge in [-0.2, -0.15) is 0 Å². The molecule has 1 fully saturated rings. The standard InChI is InChI=1S/C25H29ClN4O3/c1-16-23(9-17-5-8-32-14-17)29-25(30-24(16)18-3-6-28-7-4-18)19-10-20(26)12-22(11-19)33-15-21(31)13-27-2/h3-4,6-7,10-12,17,21,27,31H,5,8-9,13-15H2,1-2H3/t17-,21?/m0/s1. The van der Waals surface area contributed by atoms with Crippen LogP contribution in [0, 0.1) is 12.8 Å². The molecule has 1 saturated heterocycles. The van der Waals surface area contributed by atoms with Crippen molar-refractivity contribution < 1.29 is 14.6 Å². The highest BCUT2D eigenvalue weighted by molar-refractivity contribution is 6.31. The van der Waals surface area contributed by atoms with Gasteiger partial charge in [0.25, 0.3) is 0 Å². The van der Waals surface area contributed by atoms with Crippen LogP contribution in [-0.2, 0) is 11.2 Å². The SMILES string of the molecule is CNCC(O)COc1cc(Cl)cc(-c2nc(C[C@@H]3CCOC3)c(C)c(-c3ccncc3)n2)c1. The van der Waals surface area contributed by atoms with Crippen molar-refractivity contribution in [1.29, 1.82) is 0 Å². The molecule has 3 heterocycles. The average molecular weight is 469 g/mol. The van der Waals surface area contributed by atoms with E-state index in [1.807, 2.05) is 24.3 Å². The Morgan fingerprint density at radius 3 is 2.76 bits per heavy atom. The predicted molar refractivity (Wildman–Crippen MR) is 129 cm³/mol. The van der Waals surface area contributed by atoms with Gasteiger partial charge < -0.3 is 19.9 Å². The van der Waals surface area contributed by atoms with Crippen LogP contribution in [0.4, 0.5) is 0 Å². The van der Waals surface area contributed by atoms with Gasteiger partial charge in [0.05, 0.1) is 5.69 Å². The van der Waals surface area contributed by atoms with Crippen molar-refractivity contribution >= 4 is 11.6 Å². The van der Waals surface area contributed by atoms with E-state index < -0.39 is 6.10 Å². The second kappa shape index (κ2) is 11.0. The lowest BCUT2D eigenvalue weighted by Crippen LogP contribution is -2.29. The molecule has 0 radical (unpaired) electrons. The second-order valence-electron chi connectivity index (χ2n) is 8.34. The normalized spacial score (nSPS) is 16.7. The quantitative estimate of drug-likeness (QED) is 0.494. The summed E-state index contributed by atoms with van der Waals surface area (Å²) in [4.78, 5) is 14.0. The van der Waals surface area contributed by atoms with Crippen molar-refractivity contribution in [2.24, 2.45) is 5.92 Å². The molecule has 8 heteroatoms. The van der Waals surface area contributed by atoms with Gasteiger partial charge in [0.2, 0.25) is 0 Å². The van der Waals surface area contributed by atoms with E-state index in [2.05, 4.69) is 17.2 Å². The molecule has 1 aromatic carbocycles. The van der Waals surface area contributed by atoms with Crippen molar-refractivity contribution in [1.82, 2.24) is 20.3 Å². The molecule has 2 aromatic heterocycles. The molecule has 1 aliphatic rings. The zero-order valence-electron chi connectivity index (χ0n) is 18.9. The Balaban J connectivity index is 1.71. The number of halogens is 1. The van der Waals surface area contributed by atoms with Gasteiger partial charge in [-0.1, -0.05) is 11.6 Å². The number of ether oxygens (including phenoxy) is 2. The summed E-state index contributed by atoms with van der Waals surface area (Å²) in [5.74, 6) is 1.60. The number of rotatable bonds is 9. The van der Waals surface area contributed by atoms with E-state index in [0.29, 0.717) is 29.1 Å². The summed E-state index contributed by atoms with van der Waals surface area (Å²) in [5.41, 5.74) is 4.70. The number of nitrogens with one attached hydrogen (secondary N) is 1. The van der Waals surface area contributed by atoms with Crippen molar-refractivity contribution in [3.63, 3.8) is 0 Å². The third-order valence-corrected chi connectivity index (χ3v) is 5.94. The molecule has 4 rings (SSSR count). The monoisotopic (exact) mass is 468 g/mol. The number of benzene rings is 1. The number of likely N-dealkylation sites (N-methyl/N-ethyl adjacent to an activating group) is 1. The molecular formula is C25H29ClN4O3. The summed E-state index contributed by atoms with van der Waals surface area (Å²) in [6, 6.07) is 9.34. The Hall–Kier alpha value is -2.58. The summed E-state index contributed by atoms with van der Waals surface area (Å²) in [6.45, 7) is 4.23. The van der Waals surface area contributed by atoms with Gasteiger partial charge in [0, 0.05) is 54.0 Å². The van der Waals surface area contributed by atoms with Crippen LogP contribution in [0.1, 0.15) is 17.7 Å². The topological polar surface area (TPSA) is 89.4 Å². The highest BCUT2D eigenvalue weighted by Gasteiger charge is 2.21. The number of hydrogen-bond acceptors (Lipinski definition) is 7. The lowest BCUT2D eigenvalue weighted by Gasteiger charge is -2.16. The number of aliphatic hydroxyl groups excluding tert-OH is 1. The van der Waals surface area contributed by atoms with Gasteiger partial charge in [-0.3, -0.25) is 4.98 Å². The first kappa shape index (κ1) is 23.6. The Bertz CT molecular complexity index is 1070. The Morgan fingerprint density at radius 2 is 2.03 bits per heavy atom. The van der Waals surface area contributed by atoms with Crippen molar-refractivity contribution in [3.8, 4) is 28.4 Å². The number of nitrogens with zero attached hydrogens (tertiary/aromatic N) is 3. The molecule has 2 N–H and O–H groups in total. The number of hydrogen-bond donors (Lipinski definition) is 2. The molecule has 0 bridgehead atoms.